The second-order valence-electron chi connectivity index (χ2n) is 5.49. The molecule has 1 atom stereocenters. The number of fused-ring (bicyclic) bond motifs is 3. The molecule has 1 aromatic rings. The lowest BCUT2D eigenvalue weighted by Crippen LogP contribution is -2.31. The SMILES string of the molecule is CCc1ccc2c(c1)C(C)=C1CCN(C)CC12. The van der Waals surface area contributed by atoms with Crippen LogP contribution < -0.4 is 0 Å². The molecular formula is C16H21N. The molecule has 0 radical (unpaired) electrons. The molecule has 1 aromatic carbocycles. The molecule has 1 nitrogen and oxygen atoms in total. The molecule has 0 saturated carbocycles. The van der Waals surface area contributed by atoms with Gasteiger partial charge in [0.15, 0.2) is 0 Å². The summed E-state index contributed by atoms with van der Waals surface area (Å²) in [6, 6.07) is 7.09. The van der Waals surface area contributed by atoms with Crippen molar-refractivity contribution in [2.45, 2.75) is 32.6 Å². The average molecular weight is 227 g/mol. The van der Waals surface area contributed by atoms with E-state index in [0.29, 0.717) is 5.92 Å². The van der Waals surface area contributed by atoms with E-state index in [1.807, 2.05) is 0 Å². The van der Waals surface area contributed by atoms with Crippen molar-refractivity contribution in [3.63, 3.8) is 0 Å². The molecule has 0 aromatic heterocycles. The number of hydrogen-bond acceptors (Lipinski definition) is 1. The van der Waals surface area contributed by atoms with Gasteiger partial charge in [0.2, 0.25) is 0 Å². The molecule has 0 bridgehead atoms. The van der Waals surface area contributed by atoms with E-state index in [9.17, 15) is 0 Å². The van der Waals surface area contributed by atoms with Gasteiger partial charge in [-0.05, 0) is 49.1 Å². The first kappa shape index (κ1) is 11.0. The molecule has 1 unspecified atom stereocenters. The Balaban J connectivity index is 2.08. The van der Waals surface area contributed by atoms with Crippen LogP contribution in [0, 0.1) is 0 Å². The number of hydrogen-bond donors (Lipinski definition) is 0. The van der Waals surface area contributed by atoms with Crippen LogP contribution in [0.15, 0.2) is 23.8 Å². The highest BCUT2D eigenvalue weighted by Gasteiger charge is 2.32. The predicted molar refractivity (Wildman–Crippen MR) is 73.3 cm³/mol. The number of allylic oxidation sites excluding steroid dienone is 1. The summed E-state index contributed by atoms with van der Waals surface area (Å²) in [4.78, 5) is 2.46. The lowest BCUT2D eigenvalue weighted by molar-refractivity contribution is 0.294. The first-order valence-electron chi connectivity index (χ1n) is 6.72. The van der Waals surface area contributed by atoms with Gasteiger partial charge in [0.1, 0.15) is 0 Å². The summed E-state index contributed by atoms with van der Waals surface area (Å²) in [5.41, 5.74) is 7.83. The number of aryl methyl sites for hydroxylation is 1. The number of rotatable bonds is 1. The number of nitrogens with zero attached hydrogens (tertiary/aromatic N) is 1. The average Bonchev–Trinajstić information content (AvgIpc) is 2.62. The highest BCUT2D eigenvalue weighted by Crippen LogP contribution is 2.45. The predicted octanol–water partition coefficient (Wildman–Crippen LogP) is 3.46. The fourth-order valence-corrected chi connectivity index (χ4v) is 3.36. The van der Waals surface area contributed by atoms with Gasteiger partial charge in [0.05, 0.1) is 0 Å². The van der Waals surface area contributed by atoms with E-state index >= 15 is 0 Å². The molecule has 0 amide bonds. The van der Waals surface area contributed by atoms with Gasteiger partial charge in [0.25, 0.3) is 0 Å². The van der Waals surface area contributed by atoms with Crippen molar-refractivity contribution in [3.05, 3.63) is 40.5 Å². The van der Waals surface area contributed by atoms with Gasteiger partial charge in [-0.2, -0.15) is 0 Å². The van der Waals surface area contributed by atoms with Crippen LogP contribution >= 0.6 is 0 Å². The normalized spacial score (nSPS) is 23.8. The first-order chi connectivity index (χ1) is 8.20. The summed E-state index contributed by atoms with van der Waals surface area (Å²) in [7, 11) is 2.24. The second kappa shape index (κ2) is 3.99. The van der Waals surface area contributed by atoms with E-state index < -0.39 is 0 Å². The Labute approximate surface area is 104 Å². The van der Waals surface area contributed by atoms with Crippen LogP contribution in [0.4, 0.5) is 0 Å². The smallest absolute Gasteiger partial charge is 0.0188 e. The topological polar surface area (TPSA) is 3.24 Å². The van der Waals surface area contributed by atoms with Gasteiger partial charge in [-0.1, -0.05) is 30.7 Å². The van der Waals surface area contributed by atoms with Crippen molar-refractivity contribution in [2.24, 2.45) is 0 Å². The number of benzene rings is 1. The van der Waals surface area contributed by atoms with Crippen LogP contribution in [0.1, 0.15) is 42.9 Å². The van der Waals surface area contributed by atoms with E-state index in [-0.39, 0.29) is 0 Å². The third-order valence-electron chi connectivity index (χ3n) is 4.46. The van der Waals surface area contributed by atoms with E-state index in [1.165, 1.54) is 30.6 Å². The molecule has 3 rings (SSSR count). The molecule has 1 aliphatic heterocycles. The van der Waals surface area contributed by atoms with Crippen molar-refractivity contribution < 1.29 is 0 Å². The highest BCUT2D eigenvalue weighted by atomic mass is 15.1. The van der Waals surface area contributed by atoms with Crippen LogP contribution in [0.3, 0.4) is 0 Å². The van der Waals surface area contributed by atoms with Crippen molar-refractivity contribution >= 4 is 5.57 Å². The molecule has 1 heteroatoms. The molecule has 17 heavy (non-hydrogen) atoms. The van der Waals surface area contributed by atoms with Gasteiger partial charge >= 0.3 is 0 Å². The third kappa shape index (κ3) is 1.64. The Hall–Kier alpha value is -1.08. The van der Waals surface area contributed by atoms with Crippen LogP contribution in [-0.4, -0.2) is 25.0 Å². The standard InChI is InChI=1S/C16H21N/c1-4-12-5-6-14-15(9-12)11(2)13-7-8-17(3)10-16(13)14/h5-6,9,16H,4,7-8,10H2,1-3H3. The maximum atomic E-state index is 2.46. The molecule has 1 saturated heterocycles. The van der Waals surface area contributed by atoms with Crippen LogP contribution in [0.5, 0.6) is 0 Å². The molecule has 0 N–H and O–H groups in total. The zero-order valence-electron chi connectivity index (χ0n) is 11.1. The lowest BCUT2D eigenvalue weighted by Gasteiger charge is -2.30. The second-order valence-corrected chi connectivity index (χ2v) is 5.49. The quantitative estimate of drug-likeness (QED) is 0.710. The maximum absolute atomic E-state index is 2.46. The zero-order valence-corrected chi connectivity index (χ0v) is 11.1. The largest absolute Gasteiger partial charge is 0.305 e. The van der Waals surface area contributed by atoms with Gasteiger partial charge in [0, 0.05) is 19.0 Å². The number of likely N-dealkylation sites (N-methyl/N-ethyl adjacent to an activating group) is 1. The van der Waals surface area contributed by atoms with Crippen molar-refractivity contribution in [2.75, 3.05) is 20.1 Å². The summed E-state index contributed by atoms with van der Waals surface area (Å²) < 4.78 is 0. The summed E-state index contributed by atoms with van der Waals surface area (Å²) in [6.07, 6.45) is 2.39. The Bertz CT molecular complexity index is 484. The fourth-order valence-electron chi connectivity index (χ4n) is 3.36. The molecule has 90 valence electrons. The first-order valence-corrected chi connectivity index (χ1v) is 6.72. The molecule has 1 heterocycles. The van der Waals surface area contributed by atoms with Crippen LogP contribution in [-0.2, 0) is 6.42 Å². The minimum Gasteiger partial charge on any atom is -0.305 e. The maximum Gasteiger partial charge on any atom is 0.0188 e. The Morgan fingerprint density at radius 3 is 2.94 bits per heavy atom. The Morgan fingerprint density at radius 1 is 1.35 bits per heavy atom. The van der Waals surface area contributed by atoms with E-state index in [1.54, 1.807) is 16.7 Å². The van der Waals surface area contributed by atoms with Crippen molar-refractivity contribution in [1.82, 2.24) is 4.90 Å². The fraction of sp³-hybridized carbons (Fsp3) is 0.500. The monoisotopic (exact) mass is 227 g/mol. The lowest BCUT2D eigenvalue weighted by atomic mass is 9.90. The van der Waals surface area contributed by atoms with E-state index in [0.717, 1.165) is 6.42 Å². The summed E-state index contributed by atoms with van der Waals surface area (Å²) in [5, 5.41) is 0. The van der Waals surface area contributed by atoms with Crippen LogP contribution in [0.25, 0.3) is 5.57 Å². The van der Waals surface area contributed by atoms with Gasteiger partial charge in [-0.25, -0.2) is 0 Å². The van der Waals surface area contributed by atoms with Crippen molar-refractivity contribution in [3.8, 4) is 0 Å². The Kier molecular flexibility index (Phi) is 2.59. The van der Waals surface area contributed by atoms with Gasteiger partial charge < -0.3 is 4.90 Å². The summed E-state index contributed by atoms with van der Waals surface area (Å²) >= 11 is 0. The number of likely N-dealkylation sites (tertiary alicyclic amines) is 1. The van der Waals surface area contributed by atoms with Gasteiger partial charge in [-0.3, -0.25) is 0 Å². The molecule has 1 fully saturated rings. The zero-order chi connectivity index (χ0) is 12.0. The van der Waals surface area contributed by atoms with E-state index in [2.05, 4.69) is 44.0 Å². The Morgan fingerprint density at radius 2 is 2.18 bits per heavy atom. The van der Waals surface area contributed by atoms with Gasteiger partial charge in [-0.15, -0.1) is 0 Å². The molecule has 0 spiro atoms. The number of piperidine rings is 1. The summed E-state index contributed by atoms with van der Waals surface area (Å²) in [6.45, 7) is 6.97. The minimum atomic E-state index is 0.676. The van der Waals surface area contributed by atoms with Crippen molar-refractivity contribution in [1.29, 1.82) is 0 Å². The highest BCUT2D eigenvalue weighted by molar-refractivity contribution is 5.78. The molecular weight excluding hydrogens is 206 g/mol. The molecule has 2 aliphatic rings. The summed E-state index contributed by atoms with van der Waals surface area (Å²) in [5.74, 6) is 0.676. The molecule has 1 aliphatic carbocycles. The minimum absolute atomic E-state index is 0.676. The van der Waals surface area contributed by atoms with E-state index in [4.69, 9.17) is 0 Å². The third-order valence-corrected chi connectivity index (χ3v) is 4.46. The van der Waals surface area contributed by atoms with Crippen LogP contribution in [0.2, 0.25) is 0 Å².